The topological polar surface area (TPSA) is 59.9 Å². The van der Waals surface area contributed by atoms with Crippen LogP contribution in [0.15, 0.2) is 65.8 Å². The molecule has 0 saturated carbocycles. The summed E-state index contributed by atoms with van der Waals surface area (Å²) in [6, 6.07) is 18.8. The summed E-state index contributed by atoms with van der Waals surface area (Å²) in [6.45, 7) is 2.47. The molecule has 0 fully saturated rings. The molecular formula is C21H20N2O3. The van der Waals surface area contributed by atoms with Crippen molar-refractivity contribution in [2.45, 2.75) is 6.92 Å². The van der Waals surface area contributed by atoms with Gasteiger partial charge in [-0.25, -0.2) is 5.43 Å². The van der Waals surface area contributed by atoms with Gasteiger partial charge in [0.1, 0.15) is 0 Å². The van der Waals surface area contributed by atoms with E-state index in [1.807, 2.05) is 55.5 Å². The zero-order chi connectivity index (χ0) is 18.4. The Morgan fingerprint density at radius 2 is 1.88 bits per heavy atom. The van der Waals surface area contributed by atoms with Crippen LogP contribution in [0.3, 0.4) is 0 Å². The van der Waals surface area contributed by atoms with Crippen molar-refractivity contribution in [2.24, 2.45) is 5.10 Å². The first-order valence-electron chi connectivity index (χ1n) is 8.35. The third kappa shape index (κ3) is 3.83. The van der Waals surface area contributed by atoms with Gasteiger partial charge in [0, 0.05) is 5.56 Å². The lowest BCUT2D eigenvalue weighted by Crippen LogP contribution is -2.17. The molecule has 0 aromatic heterocycles. The van der Waals surface area contributed by atoms with Crippen LogP contribution in [-0.2, 0) is 0 Å². The number of rotatable bonds is 6. The lowest BCUT2D eigenvalue weighted by Gasteiger charge is -2.09. The Morgan fingerprint density at radius 1 is 1.08 bits per heavy atom. The van der Waals surface area contributed by atoms with Gasteiger partial charge in [0.2, 0.25) is 0 Å². The predicted octanol–water partition coefficient (Wildman–Crippen LogP) is 4.01. The molecule has 0 spiro atoms. The van der Waals surface area contributed by atoms with Crippen molar-refractivity contribution in [1.29, 1.82) is 0 Å². The highest BCUT2D eigenvalue weighted by molar-refractivity contribution is 6.07. The Labute approximate surface area is 152 Å². The SMILES string of the molecule is CCOc1ccc(C=NNC(=O)c2cccc3ccccc23)cc1OC. The predicted molar refractivity (Wildman–Crippen MR) is 103 cm³/mol. The van der Waals surface area contributed by atoms with Gasteiger partial charge in [0.25, 0.3) is 5.91 Å². The maximum absolute atomic E-state index is 12.4. The van der Waals surface area contributed by atoms with E-state index in [1.54, 1.807) is 25.5 Å². The van der Waals surface area contributed by atoms with Crippen LogP contribution < -0.4 is 14.9 Å². The van der Waals surface area contributed by atoms with E-state index in [-0.39, 0.29) is 5.91 Å². The quantitative estimate of drug-likeness (QED) is 0.541. The number of hydrazone groups is 1. The van der Waals surface area contributed by atoms with Crippen molar-refractivity contribution in [3.8, 4) is 11.5 Å². The van der Waals surface area contributed by atoms with E-state index in [2.05, 4.69) is 10.5 Å². The maximum Gasteiger partial charge on any atom is 0.271 e. The highest BCUT2D eigenvalue weighted by Gasteiger charge is 2.08. The zero-order valence-corrected chi connectivity index (χ0v) is 14.7. The van der Waals surface area contributed by atoms with Crippen LogP contribution in [0.25, 0.3) is 10.8 Å². The van der Waals surface area contributed by atoms with Crippen molar-refractivity contribution in [3.63, 3.8) is 0 Å². The fourth-order valence-electron chi connectivity index (χ4n) is 2.69. The third-order valence-corrected chi connectivity index (χ3v) is 3.90. The van der Waals surface area contributed by atoms with Gasteiger partial charge in [-0.1, -0.05) is 36.4 Å². The first kappa shape index (κ1) is 17.5. The minimum absolute atomic E-state index is 0.254. The first-order chi connectivity index (χ1) is 12.7. The second kappa shape index (κ2) is 8.16. The number of carbonyl (C=O) groups is 1. The Hall–Kier alpha value is -3.34. The molecule has 0 radical (unpaired) electrons. The number of hydrogen-bond acceptors (Lipinski definition) is 4. The molecule has 0 aliphatic rings. The van der Waals surface area contributed by atoms with E-state index >= 15 is 0 Å². The number of ether oxygens (including phenoxy) is 2. The molecule has 0 heterocycles. The average molecular weight is 348 g/mol. The second-order valence-corrected chi connectivity index (χ2v) is 5.57. The molecule has 26 heavy (non-hydrogen) atoms. The van der Waals surface area contributed by atoms with Gasteiger partial charge in [-0.05, 0) is 47.5 Å². The molecule has 5 nitrogen and oxygen atoms in total. The third-order valence-electron chi connectivity index (χ3n) is 3.90. The molecule has 0 saturated heterocycles. The lowest BCUT2D eigenvalue weighted by molar-refractivity contribution is 0.0957. The summed E-state index contributed by atoms with van der Waals surface area (Å²) in [5.74, 6) is 1.04. The van der Waals surface area contributed by atoms with E-state index < -0.39 is 0 Å². The average Bonchev–Trinajstić information content (AvgIpc) is 2.68. The van der Waals surface area contributed by atoms with Crippen LogP contribution >= 0.6 is 0 Å². The van der Waals surface area contributed by atoms with Gasteiger partial charge >= 0.3 is 0 Å². The van der Waals surface area contributed by atoms with Crippen LogP contribution in [0.4, 0.5) is 0 Å². The van der Waals surface area contributed by atoms with Crippen LogP contribution in [0.2, 0.25) is 0 Å². The fourth-order valence-corrected chi connectivity index (χ4v) is 2.69. The Bertz CT molecular complexity index is 946. The van der Waals surface area contributed by atoms with Gasteiger partial charge in [0.05, 0.1) is 19.9 Å². The summed E-state index contributed by atoms with van der Waals surface area (Å²) in [5, 5.41) is 5.96. The largest absolute Gasteiger partial charge is 0.493 e. The van der Waals surface area contributed by atoms with Gasteiger partial charge in [0.15, 0.2) is 11.5 Å². The van der Waals surface area contributed by atoms with E-state index in [0.29, 0.717) is 23.7 Å². The summed E-state index contributed by atoms with van der Waals surface area (Å²) in [7, 11) is 1.58. The van der Waals surface area contributed by atoms with Gasteiger partial charge in [-0.15, -0.1) is 0 Å². The molecule has 0 atom stereocenters. The van der Waals surface area contributed by atoms with Crippen LogP contribution in [0.1, 0.15) is 22.8 Å². The maximum atomic E-state index is 12.4. The molecule has 3 aromatic carbocycles. The molecule has 3 aromatic rings. The highest BCUT2D eigenvalue weighted by atomic mass is 16.5. The van der Waals surface area contributed by atoms with Crippen LogP contribution in [0.5, 0.6) is 11.5 Å². The van der Waals surface area contributed by atoms with Crippen molar-refractivity contribution < 1.29 is 14.3 Å². The Morgan fingerprint density at radius 3 is 2.69 bits per heavy atom. The second-order valence-electron chi connectivity index (χ2n) is 5.57. The summed E-state index contributed by atoms with van der Waals surface area (Å²) < 4.78 is 10.8. The lowest BCUT2D eigenvalue weighted by atomic mass is 10.0. The van der Waals surface area contributed by atoms with E-state index in [4.69, 9.17) is 9.47 Å². The van der Waals surface area contributed by atoms with E-state index in [1.165, 1.54) is 0 Å². The van der Waals surface area contributed by atoms with Crippen molar-refractivity contribution >= 4 is 22.9 Å². The summed E-state index contributed by atoms with van der Waals surface area (Å²) in [6.07, 6.45) is 1.57. The van der Waals surface area contributed by atoms with Gasteiger partial charge in [-0.2, -0.15) is 5.10 Å². The molecule has 0 aliphatic heterocycles. The Balaban J connectivity index is 1.75. The van der Waals surface area contributed by atoms with Crippen LogP contribution in [-0.4, -0.2) is 25.8 Å². The molecule has 0 unspecified atom stereocenters. The number of amides is 1. The number of methoxy groups -OCH3 is 1. The molecular weight excluding hydrogens is 328 g/mol. The number of fused-ring (bicyclic) bond motifs is 1. The summed E-state index contributed by atoms with van der Waals surface area (Å²) in [4.78, 5) is 12.4. The number of nitrogens with one attached hydrogen (secondary N) is 1. The molecule has 1 N–H and O–H groups in total. The van der Waals surface area contributed by atoms with Gasteiger partial charge < -0.3 is 9.47 Å². The minimum Gasteiger partial charge on any atom is -0.493 e. The normalized spacial score (nSPS) is 10.8. The van der Waals surface area contributed by atoms with E-state index in [0.717, 1.165) is 16.3 Å². The standard InChI is InChI=1S/C21H20N2O3/c1-3-26-19-12-11-15(13-20(19)25-2)14-22-23-21(24)18-10-6-8-16-7-4-5-9-17(16)18/h4-14H,3H2,1-2H3,(H,23,24). The highest BCUT2D eigenvalue weighted by Crippen LogP contribution is 2.27. The molecule has 5 heteroatoms. The monoisotopic (exact) mass is 348 g/mol. The number of benzene rings is 3. The van der Waals surface area contributed by atoms with Crippen molar-refractivity contribution in [1.82, 2.24) is 5.43 Å². The minimum atomic E-state index is -0.254. The molecule has 1 amide bonds. The molecule has 3 rings (SSSR count). The molecule has 0 aliphatic carbocycles. The number of carbonyl (C=O) groups excluding carboxylic acids is 1. The zero-order valence-electron chi connectivity index (χ0n) is 14.7. The number of nitrogens with zero attached hydrogens (tertiary/aromatic N) is 1. The smallest absolute Gasteiger partial charge is 0.271 e. The number of hydrogen-bond donors (Lipinski definition) is 1. The molecule has 0 bridgehead atoms. The van der Waals surface area contributed by atoms with E-state index in [9.17, 15) is 4.79 Å². The molecule has 132 valence electrons. The first-order valence-corrected chi connectivity index (χ1v) is 8.35. The summed E-state index contributed by atoms with van der Waals surface area (Å²) in [5.41, 5.74) is 3.96. The van der Waals surface area contributed by atoms with Crippen molar-refractivity contribution in [2.75, 3.05) is 13.7 Å². The Kier molecular flexibility index (Phi) is 5.49. The van der Waals surface area contributed by atoms with Crippen LogP contribution in [0, 0.1) is 0 Å². The van der Waals surface area contributed by atoms with Gasteiger partial charge in [-0.3, -0.25) is 4.79 Å². The summed E-state index contributed by atoms with van der Waals surface area (Å²) >= 11 is 0. The van der Waals surface area contributed by atoms with Crippen molar-refractivity contribution in [3.05, 3.63) is 71.8 Å². The fraction of sp³-hybridized carbons (Fsp3) is 0.143.